The Morgan fingerprint density at radius 1 is 1.28 bits per heavy atom. The van der Waals surface area contributed by atoms with Gasteiger partial charge in [0.15, 0.2) is 0 Å². The largest absolute Gasteiger partial charge is 0.405 e. The summed E-state index contributed by atoms with van der Waals surface area (Å²) >= 11 is 11.8. The van der Waals surface area contributed by atoms with Gasteiger partial charge in [0.2, 0.25) is 0 Å². The van der Waals surface area contributed by atoms with E-state index >= 15 is 0 Å². The van der Waals surface area contributed by atoms with Crippen LogP contribution in [0.15, 0.2) is 18.2 Å². The molecule has 0 fully saturated rings. The van der Waals surface area contributed by atoms with Gasteiger partial charge in [0.1, 0.15) is 6.54 Å². The molecule has 0 aromatic heterocycles. The summed E-state index contributed by atoms with van der Waals surface area (Å²) in [6, 6.07) is 4.60. The highest BCUT2D eigenvalue weighted by Crippen LogP contribution is 2.34. The van der Waals surface area contributed by atoms with Crippen molar-refractivity contribution in [2.75, 3.05) is 11.4 Å². The molecule has 0 aliphatic heterocycles. The molecule has 0 N–H and O–H groups in total. The number of halogens is 5. The summed E-state index contributed by atoms with van der Waals surface area (Å²) in [5, 5.41) is 0.283. The van der Waals surface area contributed by atoms with Crippen LogP contribution in [0, 0.1) is 0 Å². The van der Waals surface area contributed by atoms with Gasteiger partial charge in [-0.25, -0.2) is 0 Å². The van der Waals surface area contributed by atoms with E-state index in [2.05, 4.69) is 0 Å². The van der Waals surface area contributed by atoms with E-state index in [0.717, 1.165) is 0 Å². The molecular weight excluding hydrogens is 286 g/mol. The van der Waals surface area contributed by atoms with Crippen LogP contribution in [0.4, 0.5) is 18.9 Å². The van der Waals surface area contributed by atoms with Crippen molar-refractivity contribution >= 4 is 28.9 Å². The summed E-state index contributed by atoms with van der Waals surface area (Å²) in [5.41, 5.74) is 0.962. The van der Waals surface area contributed by atoms with Crippen LogP contribution in [0.5, 0.6) is 0 Å². The van der Waals surface area contributed by atoms with Crippen LogP contribution >= 0.6 is 23.2 Å². The Bertz CT molecular complexity index is 405. The smallest absolute Gasteiger partial charge is 0.359 e. The Hall–Kier alpha value is -0.610. The Balaban J connectivity index is 3.21. The molecule has 1 nitrogen and oxygen atoms in total. The summed E-state index contributed by atoms with van der Waals surface area (Å²) in [6.45, 7) is 2.33. The van der Waals surface area contributed by atoms with Crippen molar-refractivity contribution in [3.63, 3.8) is 0 Å². The van der Waals surface area contributed by atoms with Crippen LogP contribution in [0.2, 0.25) is 5.02 Å². The van der Waals surface area contributed by atoms with Crippen molar-refractivity contribution in [2.45, 2.75) is 31.9 Å². The van der Waals surface area contributed by atoms with Crippen molar-refractivity contribution in [1.29, 1.82) is 0 Å². The van der Waals surface area contributed by atoms with E-state index in [4.69, 9.17) is 23.2 Å². The molecule has 1 aromatic rings. The second-order valence-electron chi connectivity index (χ2n) is 4.22. The third-order valence-electron chi connectivity index (χ3n) is 2.47. The van der Waals surface area contributed by atoms with E-state index in [-0.39, 0.29) is 16.9 Å². The molecule has 1 rings (SSSR count). The fraction of sp³-hybridized carbons (Fsp3) is 0.500. The normalized spacial score (nSPS) is 12.0. The summed E-state index contributed by atoms with van der Waals surface area (Å²) < 4.78 is 37.8. The lowest BCUT2D eigenvalue weighted by atomic mass is 10.1. The van der Waals surface area contributed by atoms with Crippen molar-refractivity contribution in [3.8, 4) is 0 Å². The molecule has 0 radical (unpaired) electrons. The van der Waals surface area contributed by atoms with E-state index in [1.807, 2.05) is 0 Å². The molecule has 6 heteroatoms. The van der Waals surface area contributed by atoms with Gasteiger partial charge in [0.05, 0.1) is 10.7 Å². The molecule has 18 heavy (non-hydrogen) atoms. The minimum Gasteiger partial charge on any atom is -0.359 e. The summed E-state index contributed by atoms with van der Waals surface area (Å²) in [7, 11) is 0. The van der Waals surface area contributed by atoms with Crippen LogP contribution < -0.4 is 4.90 Å². The van der Waals surface area contributed by atoms with Gasteiger partial charge in [-0.1, -0.05) is 23.7 Å². The lowest BCUT2D eigenvalue weighted by molar-refractivity contribution is -0.120. The third-order valence-corrected chi connectivity index (χ3v) is 3.07. The zero-order chi connectivity index (χ0) is 13.9. The maximum Gasteiger partial charge on any atom is 0.405 e. The van der Waals surface area contributed by atoms with E-state index in [1.54, 1.807) is 32.0 Å². The third kappa shape index (κ3) is 3.95. The number of para-hydroxylation sites is 1. The molecule has 0 saturated heterocycles. The monoisotopic (exact) mass is 299 g/mol. The lowest BCUT2D eigenvalue weighted by Gasteiger charge is -2.32. The van der Waals surface area contributed by atoms with E-state index in [1.165, 1.54) is 4.90 Å². The van der Waals surface area contributed by atoms with Gasteiger partial charge < -0.3 is 4.90 Å². The second-order valence-corrected chi connectivity index (χ2v) is 4.89. The Labute approximate surface area is 114 Å². The van der Waals surface area contributed by atoms with Crippen molar-refractivity contribution < 1.29 is 13.2 Å². The first-order valence-electron chi connectivity index (χ1n) is 5.43. The van der Waals surface area contributed by atoms with E-state index < -0.39 is 12.7 Å². The van der Waals surface area contributed by atoms with Gasteiger partial charge in [0, 0.05) is 11.9 Å². The zero-order valence-corrected chi connectivity index (χ0v) is 11.6. The van der Waals surface area contributed by atoms with Gasteiger partial charge in [0.25, 0.3) is 0 Å². The topological polar surface area (TPSA) is 3.24 Å². The average Bonchev–Trinajstić information content (AvgIpc) is 2.24. The van der Waals surface area contributed by atoms with E-state index in [9.17, 15) is 13.2 Å². The molecule has 0 amide bonds. The van der Waals surface area contributed by atoms with Crippen LogP contribution in [-0.2, 0) is 5.88 Å². The summed E-state index contributed by atoms with van der Waals surface area (Å²) in [5.74, 6) is 0.122. The average molecular weight is 300 g/mol. The second kappa shape index (κ2) is 6.02. The van der Waals surface area contributed by atoms with Gasteiger partial charge in [-0.05, 0) is 25.5 Å². The minimum atomic E-state index is -4.28. The number of hydrogen-bond donors (Lipinski definition) is 0. The maximum absolute atomic E-state index is 12.6. The fourth-order valence-electron chi connectivity index (χ4n) is 1.70. The maximum atomic E-state index is 12.6. The first-order valence-corrected chi connectivity index (χ1v) is 6.34. The highest BCUT2D eigenvalue weighted by atomic mass is 35.5. The van der Waals surface area contributed by atoms with Gasteiger partial charge in [-0.3, -0.25) is 0 Å². The molecular formula is C12H14Cl2F3N. The first kappa shape index (κ1) is 15.4. The highest BCUT2D eigenvalue weighted by Gasteiger charge is 2.33. The molecule has 1 aromatic carbocycles. The van der Waals surface area contributed by atoms with Gasteiger partial charge in [-0.2, -0.15) is 13.2 Å². The number of hydrogen-bond acceptors (Lipinski definition) is 1. The van der Waals surface area contributed by atoms with Crippen LogP contribution in [0.3, 0.4) is 0 Å². The number of nitrogens with zero attached hydrogens (tertiary/aromatic N) is 1. The number of anilines is 1. The Kier molecular flexibility index (Phi) is 5.17. The van der Waals surface area contributed by atoms with Crippen LogP contribution in [0.25, 0.3) is 0 Å². The molecule has 0 aliphatic carbocycles. The molecule has 0 bridgehead atoms. The molecule has 0 spiro atoms. The SMILES string of the molecule is CC(C)N(CC(F)(F)F)c1c(Cl)cccc1CCl. The molecule has 0 atom stereocenters. The van der Waals surface area contributed by atoms with Crippen molar-refractivity contribution in [3.05, 3.63) is 28.8 Å². The number of alkyl halides is 4. The zero-order valence-electron chi connectivity index (χ0n) is 10.1. The predicted octanol–water partition coefficient (Wildman–Crippen LogP) is 4.86. The van der Waals surface area contributed by atoms with E-state index in [0.29, 0.717) is 11.3 Å². The van der Waals surface area contributed by atoms with Gasteiger partial charge >= 0.3 is 6.18 Å². The van der Waals surface area contributed by atoms with Crippen molar-refractivity contribution in [2.24, 2.45) is 0 Å². The van der Waals surface area contributed by atoms with Crippen LogP contribution in [0.1, 0.15) is 19.4 Å². The number of benzene rings is 1. The quantitative estimate of drug-likeness (QED) is 0.718. The van der Waals surface area contributed by atoms with Crippen molar-refractivity contribution in [1.82, 2.24) is 0 Å². The minimum absolute atomic E-state index is 0.122. The molecule has 0 heterocycles. The Morgan fingerprint density at radius 3 is 2.33 bits per heavy atom. The molecule has 102 valence electrons. The van der Waals surface area contributed by atoms with Crippen LogP contribution in [-0.4, -0.2) is 18.8 Å². The predicted molar refractivity (Wildman–Crippen MR) is 69.5 cm³/mol. The standard InChI is InChI=1S/C12H14Cl2F3N/c1-8(2)18(7-12(15,16)17)11-9(6-13)4-3-5-10(11)14/h3-5,8H,6-7H2,1-2H3. The molecule has 0 unspecified atom stereocenters. The fourth-order valence-corrected chi connectivity index (χ4v) is 2.22. The van der Waals surface area contributed by atoms with Gasteiger partial charge in [-0.15, -0.1) is 11.6 Å². The summed E-state index contributed by atoms with van der Waals surface area (Å²) in [6.07, 6.45) is -4.28. The first-order chi connectivity index (χ1) is 8.26. The lowest BCUT2D eigenvalue weighted by Crippen LogP contribution is -2.39. The molecule has 0 aliphatic rings. The summed E-state index contributed by atoms with van der Waals surface area (Å²) in [4.78, 5) is 1.22. The highest BCUT2D eigenvalue weighted by molar-refractivity contribution is 6.33. The molecule has 0 saturated carbocycles. The Morgan fingerprint density at radius 2 is 1.89 bits per heavy atom. The number of rotatable bonds is 4.